The zero-order valence-corrected chi connectivity index (χ0v) is 12.1. The van der Waals surface area contributed by atoms with Crippen LogP contribution < -0.4 is 5.56 Å². The maximum Gasteiger partial charge on any atom is 0.265 e. The summed E-state index contributed by atoms with van der Waals surface area (Å²) in [5.74, 6) is 0.183. The molecule has 0 bridgehead atoms. The zero-order chi connectivity index (χ0) is 12.6. The number of phenols is 1. The number of hydrogen-bond acceptors (Lipinski definition) is 2. The van der Waals surface area contributed by atoms with Crippen molar-refractivity contribution in [1.82, 2.24) is 4.57 Å². The Morgan fingerprint density at radius 2 is 1.82 bits per heavy atom. The van der Waals surface area contributed by atoms with Gasteiger partial charge in [0.1, 0.15) is 5.75 Å². The van der Waals surface area contributed by atoms with Crippen LogP contribution in [0.4, 0.5) is 0 Å². The molecule has 0 aliphatic heterocycles. The Morgan fingerprint density at radius 3 is 2.47 bits per heavy atom. The highest BCUT2D eigenvalue weighted by molar-refractivity contribution is 9.10. The molecule has 0 radical (unpaired) electrons. The summed E-state index contributed by atoms with van der Waals surface area (Å²) in [6.07, 6.45) is 0. The van der Waals surface area contributed by atoms with E-state index in [-0.39, 0.29) is 11.3 Å². The largest absolute Gasteiger partial charge is 0.508 e. The van der Waals surface area contributed by atoms with Gasteiger partial charge in [-0.05, 0) is 62.2 Å². The number of rotatable bonds is 1. The number of aromatic hydroxyl groups is 1. The van der Waals surface area contributed by atoms with Gasteiger partial charge in [-0.1, -0.05) is 0 Å². The molecule has 17 heavy (non-hydrogen) atoms. The molecule has 0 aliphatic carbocycles. The number of hydrogen-bond donors (Lipinski definition) is 1. The maximum absolute atomic E-state index is 11.8. The number of phenolic OH excluding ortho intramolecular Hbond substituents is 1. The molecule has 0 atom stereocenters. The first kappa shape index (κ1) is 12.4. The van der Waals surface area contributed by atoms with Gasteiger partial charge in [-0.25, -0.2) is 0 Å². The highest BCUT2D eigenvalue weighted by Crippen LogP contribution is 2.30. The van der Waals surface area contributed by atoms with Gasteiger partial charge in [0.05, 0.1) is 10.2 Å². The van der Waals surface area contributed by atoms with Gasteiger partial charge in [0, 0.05) is 17.1 Å². The molecule has 1 N–H and O–H groups in total. The van der Waals surface area contributed by atoms with E-state index in [9.17, 15) is 9.90 Å². The van der Waals surface area contributed by atoms with E-state index >= 15 is 0 Å². The summed E-state index contributed by atoms with van der Waals surface area (Å²) in [6, 6.07) is 8.52. The lowest BCUT2D eigenvalue weighted by Crippen LogP contribution is -2.18. The number of aromatic nitrogens is 1. The van der Waals surface area contributed by atoms with Gasteiger partial charge in [0.2, 0.25) is 0 Å². The minimum atomic E-state index is -0.0949. The van der Waals surface area contributed by atoms with Crippen molar-refractivity contribution in [3.63, 3.8) is 0 Å². The Hall–Kier alpha value is -1.07. The van der Waals surface area contributed by atoms with E-state index < -0.39 is 0 Å². The second kappa shape index (κ2) is 4.66. The molecule has 0 amide bonds. The summed E-state index contributed by atoms with van der Waals surface area (Å²) >= 11 is 6.57. The van der Waals surface area contributed by atoms with Crippen molar-refractivity contribution < 1.29 is 5.11 Å². The predicted molar refractivity (Wildman–Crippen MR) is 74.2 cm³/mol. The summed E-state index contributed by atoms with van der Waals surface area (Å²) in [7, 11) is 1.71. The lowest BCUT2D eigenvalue weighted by atomic mass is 10.1. The van der Waals surface area contributed by atoms with Crippen LogP contribution in [0, 0.1) is 0 Å². The molecule has 0 aliphatic rings. The third-order valence-electron chi connectivity index (χ3n) is 2.49. The molecule has 0 spiro atoms. The third-order valence-corrected chi connectivity index (χ3v) is 3.75. The summed E-state index contributed by atoms with van der Waals surface area (Å²) in [5, 5.41) is 9.35. The fourth-order valence-electron chi connectivity index (χ4n) is 1.59. The second-order valence-electron chi connectivity index (χ2n) is 3.59. The Balaban J connectivity index is 2.69. The average molecular weight is 359 g/mol. The van der Waals surface area contributed by atoms with Gasteiger partial charge in [-0.3, -0.25) is 4.79 Å². The summed E-state index contributed by atoms with van der Waals surface area (Å²) in [5.41, 5.74) is 1.54. The highest BCUT2D eigenvalue weighted by atomic mass is 79.9. The van der Waals surface area contributed by atoms with E-state index in [0.29, 0.717) is 4.47 Å². The lowest BCUT2D eigenvalue weighted by molar-refractivity contribution is 0.475. The fraction of sp³-hybridized carbons (Fsp3) is 0.0833. The highest BCUT2D eigenvalue weighted by Gasteiger charge is 2.09. The molecule has 3 nitrogen and oxygen atoms in total. The van der Waals surface area contributed by atoms with E-state index in [0.717, 1.165) is 15.7 Å². The molecule has 5 heteroatoms. The molecule has 2 rings (SSSR count). The molecule has 0 saturated carbocycles. The van der Waals surface area contributed by atoms with Crippen molar-refractivity contribution >= 4 is 31.9 Å². The third kappa shape index (κ3) is 2.30. The van der Waals surface area contributed by atoms with Gasteiger partial charge in [0.25, 0.3) is 5.56 Å². The molecule has 0 unspecified atom stereocenters. The Kier molecular flexibility index (Phi) is 3.40. The van der Waals surface area contributed by atoms with Crippen molar-refractivity contribution in [3.05, 3.63) is 49.6 Å². The Morgan fingerprint density at radius 1 is 1.12 bits per heavy atom. The van der Waals surface area contributed by atoms with E-state index in [2.05, 4.69) is 31.9 Å². The van der Waals surface area contributed by atoms with Crippen molar-refractivity contribution in [1.29, 1.82) is 0 Å². The molecule has 1 aromatic heterocycles. The van der Waals surface area contributed by atoms with E-state index in [1.54, 1.807) is 35.9 Å². The monoisotopic (exact) mass is 357 g/mol. The number of halogens is 2. The maximum atomic E-state index is 11.8. The van der Waals surface area contributed by atoms with Crippen LogP contribution in [0.5, 0.6) is 5.75 Å². The van der Waals surface area contributed by atoms with Crippen LogP contribution in [-0.2, 0) is 7.05 Å². The number of pyridine rings is 1. The lowest BCUT2D eigenvalue weighted by Gasteiger charge is -2.10. The molecule has 1 aromatic carbocycles. The van der Waals surface area contributed by atoms with Crippen LogP contribution in [0.2, 0.25) is 0 Å². The van der Waals surface area contributed by atoms with Gasteiger partial charge >= 0.3 is 0 Å². The standard InChI is InChI=1S/C12H9Br2NO2/c1-15-11(5-4-9(13)12(15)17)8-3-2-7(16)6-10(8)14/h2-6,16H,1H3. The molecule has 1 heterocycles. The van der Waals surface area contributed by atoms with E-state index in [4.69, 9.17) is 0 Å². The van der Waals surface area contributed by atoms with Gasteiger partial charge in [-0.15, -0.1) is 0 Å². The quantitative estimate of drug-likeness (QED) is 0.849. The topological polar surface area (TPSA) is 42.2 Å². The van der Waals surface area contributed by atoms with Gasteiger partial charge < -0.3 is 9.67 Å². The summed E-state index contributed by atoms with van der Waals surface area (Å²) in [4.78, 5) is 11.8. The Bertz CT molecular complexity index is 635. The van der Waals surface area contributed by atoms with Crippen LogP contribution >= 0.6 is 31.9 Å². The molecular weight excluding hydrogens is 350 g/mol. The van der Waals surface area contributed by atoms with Crippen molar-refractivity contribution in [2.75, 3.05) is 0 Å². The summed E-state index contributed by atoms with van der Waals surface area (Å²) in [6.45, 7) is 0. The molecular formula is C12H9Br2NO2. The SMILES string of the molecule is Cn1c(-c2ccc(O)cc2Br)ccc(Br)c1=O. The van der Waals surface area contributed by atoms with Crippen molar-refractivity contribution in [3.8, 4) is 17.0 Å². The molecule has 88 valence electrons. The molecule has 2 aromatic rings. The predicted octanol–water partition coefficient (Wildman–Crippen LogP) is 3.28. The minimum absolute atomic E-state index is 0.0949. The van der Waals surface area contributed by atoms with Crippen LogP contribution in [0.15, 0.2) is 44.1 Å². The second-order valence-corrected chi connectivity index (χ2v) is 5.30. The van der Waals surface area contributed by atoms with Crippen molar-refractivity contribution in [2.24, 2.45) is 7.05 Å². The first-order valence-corrected chi connectivity index (χ1v) is 6.43. The fourth-order valence-corrected chi connectivity index (χ4v) is 2.55. The van der Waals surface area contributed by atoms with Crippen molar-refractivity contribution in [2.45, 2.75) is 0 Å². The smallest absolute Gasteiger partial charge is 0.265 e. The zero-order valence-electron chi connectivity index (χ0n) is 8.95. The number of nitrogens with zero attached hydrogens (tertiary/aromatic N) is 1. The van der Waals surface area contributed by atoms with Crippen LogP contribution in [0.1, 0.15) is 0 Å². The van der Waals surface area contributed by atoms with Gasteiger partial charge in [-0.2, -0.15) is 0 Å². The summed E-state index contributed by atoms with van der Waals surface area (Å²) < 4.78 is 2.83. The first-order valence-electron chi connectivity index (χ1n) is 4.85. The minimum Gasteiger partial charge on any atom is -0.508 e. The van der Waals surface area contributed by atoms with E-state index in [1.165, 1.54) is 0 Å². The average Bonchev–Trinajstić information content (AvgIpc) is 2.28. The van der Waals surface area contributed by atoms with Crippen LogP contribution in [-0.4, -0.2) is 9.67 Å². The number of benzene rings is 1. The first-order chi connectivity index (χ1) is 8.00. The van der Waals surface area contributed by atoms with Gasteiger partial charge in [0.15, 0.2) is 0 Å². The van der Waals surface area contributed by atoms with E-state index in [1.807, 2.05) is 6.07 Å². The molecule has 0 fully saturated rings. The van der Waals surface area contributed by atoms with Crippen LogP contribution in [0.3, 0.4) is 0 Å². The normalized spacial score (nSPS) is 10.5. The molecule has 0 saturated heterocycles. The van der Waals surface area contributed by atoms with Crippen LogP contribution in [0.25, 0.3) is 11.3 Å². The Labute approximate surface area is 115 Å².